The van der Waals surface area contributed by atoms with Gasteiger partial charge < -0.3 is 10.4 Å². The molecule has 1 saturated heterocycles. The maximum atomic E-state index is 14.2. The van der Waals surface area contributed by atoms with Gasteiger partial charge in [-0.05, 0) is 74.6 Å². The van der Waals surface area contributed by atoms with Crippen molar-refractivity contribution in [3.63, 3.8) is 0 Å². The van der Waals surface area contributed by atoms with E-state index in [1.54, 1.807) is 24.4 Å². The van der Waals surface area contributed by atoms with E-state index in [-0.39, 0.29) is 24.8 Å². The Balaban J connectivity index is 1.50. The number of phenols is 1. The number of aliphatic imine (C=N–C) groups is 2. The van der Waals surface area contributed by atoms with Crippen molar-refractivity contribution < 1.29 is 22.3 Å². The molecule has 0 radical (unpaired) electrons. The first-order valence-electron chi connectivity index (χ1n) is 12.6. The third-order valence-corrected chi connectivity index (χ3v) is 8.55. The van der Waals surface area contributed by atoms with Crippen LogP contribution in [0.3, 0.4) is 0 Å². The molecule has 0 bridgehead atoms. The van der Waals surface area contributed by atoms with Crippen molar-refractivity contribution >= 4 is 21.9 Å². The van der Waals surface area contributed by atoms with Crippen molar-refractivity contribution in [1.29, 1.82) is 0 Å². The van der Waals surface area contributed by atoms with Gasteiger partial charge in [-0.15, -0.1) is 0 Å². The summed E-state index contributed by atoms with van der Waals surface area (Å²) in [5.74, 6) is -1.66. The van der Waals surface area contributed by atoms with Gasteiger partial charge >= 0.3 is 0 Å². The summed E-state index contributed by atoms with van der Waals surface area (Å²) >= 11 is 0. The van der Waals surface area contributed by atoms with Crippen LogP contribution in [0.2, 0.25) is 0 Å². The van der Waals surface area contributed by atoms with Gasteiger partial charge in [0.05, 0.1) is 5.71 Å². The molecule has 1 fully saturated rings. The molecule has 2 aliphatic rings. The van der Waals surface area contributed by atoms with Crippen LogP contribution in [-0.4, -0.2) is 55.9 Å². The number of hydrogen-bond donors (Lipinski definition) is 2. The van der Waals surface area contributed by atoms with Crippen LogP contribution in [0.15, 0.2) is 80.4 Å². The van der Waals surface area contributed by atoms with Gasteiger partial charge in [0, 0.05) is 55.8 Å². The Bertz CT molecular complexity index is 1420. The second kappa shape index (κ2) is 12.0. The predicted molar refractivity (Wildman–Crippen MR) is 145 cm³/mol. The number of aromatic hydroxyl groups is 1. The van der Waals surface area contributed by atoms with Crippen molar-refractivity contribution in [3.05, 3.63) is 82.7 Å². The average Bonchev–Trinajstić information content (AvgIpc) is 2.90. The molecule has 4 rings (SSSR count). The summed E-state index contributed by atoms with van der Waals surface area (Å²) in [6, 6.07) is 9.47. The van der Waals surface area contributed by atoms with E-state index in [0.717, 1.165) is 41.6 Å². The number of nitrogens with zero attached hydrogens (tertiary/aromatic N) is 3. The molecule has 2 aliphatic heterocycles. The monoisotopic (exact) mass is 542 g/mol. The minimum atomic E-state index is -4.15. The molecule has 1 atom stereocenters. The van der Waals surface area contributed by atoms with Gasteiger partial charge in [0.1, 0.15) is 22.3 Å². The summed E-state index contributed by atoms with van der Waals surface area (Å²) in [4.78, 5) is 8.50. The zero-order valence-electron chi connectivity index (χ0n) is 21.5. The molecule has 2 aromatic rings. The molecule has 1 unspecified atom stereocenters. The molecule has 7 nitrogen and oxygen atoms in total. The standard InChI is InChI=1S/C28H32F2N4O3S/c1-19-16-31-12-11-25(19)33-26(23-7-3-4-8-27(23)35)14-20(2)32-17-21-6-5-13-34(18-21)38(36,37)28-15-22(29)9-10-24(28)30/h3-4,7-10,14-16,21,32,35H,5-6,11-13,17-18H2,1-2H3/b20-14+,33-26?. The van der Waals surface area contributed by atoms with Gasteiger partial charge in [-0.3, -0.25) is 9.98 Å². The summed E-state index contributed by atoms with van der Waals surface area (Å²) in [6.07, 6.45) is 5.78. The number of halogens is 2. The highest BCUT2D eigenvalue weighted by molar-refractivity contribution is 7.89. The van der Waals surface area contributed by atoms with Gasteiger partial charge in [0.2, 0.25) is 10.0 Å². The smallest absolute Gasteiger partial charge is 0.246 e. The van der Waals surface area contributed by atoms with E-state index in [1.165, 1.54) is 4.31 Å². The van der Waals surface area contributed by atoms with Crippen molar-refractivity contribution in [2.75, 3.05) is 26.2 Å². The van der Waals surface area contributed by atoms with Gasteiger partial charge in [-0.25, -0.2) is 17.2 Å². The summed E-state index contributed by atoms with van der Waals surface area (Å²) < 4.78 is 55.2. The molecule has 2 N–H and O–H groups in total. The Morgan fingerprint density at radius 1 is 1.26 bits per heavy atom. The minimum absolute atomic E-state index is 0.0245. The molecule has 0 amide bonds. The normalized spacial score (nSPS) is 19.6. The molecule has 0 aliphatic carbocycles. The van der Waals surface area contributed by atoms with Crippen LogP contribution in [0.25, 0.3) is 0 Å². The predicted octanol–water partition coefficient (Wildman–Crippen LogP) is 4.80. The molecule has 0 saturated carbocycles. The number of hydrogen-bond acceptors (Lipinski definition) is 6. The summed E-state index contributed by atoms with van der Waals surface area (Å²) in [5, 5.41) is 13.8. The maximum absolute atomic E-state index is 14.2. The number of piperidine rings is 1. The maximum Gasteiger partial charge on any atom is 0.246 e. The highest BCUT2D eigenvalue weighted by atomic mass is 32.2. The van der Waals surface area contributed by atoms with E-state index < -0.39 is 26.6 Å². The lowest BCUT2D eigenvalue weighted by molar-refractivity contribution is 0.263. The molecule has 0 aromatic heterocycles. The third kappa shape index (κ3) is 6.54. The van der Waals surface area contributed by atoms with E-state index in [1.807, 2.05) is 26.0 Å². The van der Waals surface area contributed by atoms with E-state index in [2.05, 4.69) is 10.3 Å². The molecule has 2 aromatic carbocycles. The van der Waals surface area contributed by atoms with Crippen LogP contribution in [0.5, 0.6) is 5.75 Å². The number of nitrogens with one attached hydrogen (secondary N) is 1. The van der Waals surface area contributed by atoms with E-state index in [4.69, 9.17) is 4.99 Å². The number of phenolic OH excluding ortho intramolecular Hbond substituents is 1. The van der Waals surface area contributed by atoms with E-state index in [9.17, 15) is 22.3 Å². The fourth-order valence-corrected chi connectivity index (χ4v) is 6.21. The number of benzene rings is 2. The Hall–Kier alpha value is -3.37. The van der Waals surface area contributed by atoms with Crippen LogP contribution < -0.4 is 5.32 Å². The van der Waals surface area contributed by atoms with Gasteiger partial charge in [0.25, 0.3) is 0 Å². The van der Waals surface area contributed by atoms with Crippen LogP contribution in [0.4, 0.5) is 8.78 Å². The van der Waals surface area contributed by atoms with Crippen molar-refractivity contribution in [2.24, 2.45) is 15.9 Å². The van der Waals surface area contributed by atoms with Crippen LogP contribution in [-0.2, 0) is 10.0 Å². The fourth-order valence-electron chi connectivity index (χ4n) is 4.58. The number of rotatable bonds is 8. The van der Waals surface area contributed by atoms with Crippen molar-refractivity contribution in [3.8, 4) is 5.75 Å². The van der Waals surface area contributed by atoms with E-state index in [0.29, 0.717) is 37.2 Å². The lowest BCUT2D eigenvalue weighted by Gasteiger charge is -2.32. The number of dihydropyridines is 1. The first kappa shape index (κ1) is 27.7. The molecular formula is C28H32F2N4O3S. The van der Waals surface area contributed by atoms with Gasteiger partial charge in [0.15, 0.2) is 0 Å². The van der Waals surface area contributed by atoms with Crippen molar-refractivity contribution in [1.82, 2.24) is 9.62 Å². The number of para-hydroxylation sites is 1. The quantitative estimate of drug-likeness (QED) is 0.469. The Morgan fingerprint density at radius 3 is 2.82 bits per heavy atom. The average molecular weight is 543 g/mol. The largest absolute Gasteiger partial charge is 0.507 e. The number of sulfonamides is 1. The van der Waals surface area contributed by atoms with Crippen LogP contribution in [0.1, 0.15) is 38.7 Å². The SMILES string of the molecule is CC1=C(N=C(/C=C(\C)NCC2CCCN(S(=O)(=O)c3cc(F)ccc3F)C2)c2ccccc2O)CCN=C1. The lowest BCUT2D eigenvalue weighted by Crippen LogP contribution is -2.42. The Kier molecular flexibility index (Phi) is 8.73. The van der Waals surface area contributed by atoms with Crippen LogP contribution >= 0.6 is 0 Å². The lowest BCUT2D eigenvalue weighted by atomic mass is 9.99. The molecule has 10 heteroatoms. The first-order valence-corrected chi connectivity index (χ1v) is 14.0. The highest BCUT2D eigenvalue weighted by Crippen LogP contribution is 2.26. The second-order valence-electron chi connectivity index (χ2n) is 9.58. The second-order valence-corrected chi connectivity index (χ2v) is 11.5. The third-order valence-electron chi connectivity index (χ3n) is 6.67. The van der Waals surface area contributed by atoms with Gasteiger partial charge in [-0.1, -0.05) is 12.1 Å². The molecule has 0 spiro atoms. The summed E-state index contributed by atoms with van der Waals surface area (Å²) in [7, 11) is -4.15. The zero-order chi connectivity index (χ0) is 27.3. The fraction of sp³-hybridized carbons (Fsp3) is 0.357. The van der Waals surface area contributed by atoms with Crippen LogP contribution in [0, 0.1) is 17.6 Å². The summed E-state index contributed by atoms with van der Waals surface area (Å²) in [5.41, 5.74) is 3.88. The molecule has 38 heavy (non-hydrogen) atoms. The van der Waals surface area contributed by atoms with Gasteiger partial charge in [-0.2, -0.15) is 4.31 Å². The number of allylic oxidation sites excluding steroid dienone is 3. The molecule has 202 valence electrons. The Morgan fingerprint density at radius 2 is 2.05 bits per heavy atom. The van der Waals surface area contributed by atoms with E-state index >= 15 is 0 Å². The zero-order valence-corrected chi connectivity index (χ0v) is 22.3. The highest BCUT2D eigenvalue weighted by Gasteiger charge is 2.32. The summed E-state index contributed by atoms with van der Waals surface area (Å²) in [6.45, 7) is 5.44. The first-order chi connectivity index (χ1) is 18.1. The minimum Gasteiger partial charge on any atom is -0.507 e. The molecule has 2 heterocycles. The Labute approximate surface area is 222 Å². The molecular weight excluding hydrogens is 510 g/mol. The van der Waals surface area contributed by atoms with Crippen molar-refractivity contribution in [2.45, 2.75) is 38.0 Å². The topological polar surface area (TPSA) is 94.4 Å².